The number of carbonyl (C=O) groups excluding carboxylic acids is 1. The lowest BCUT2D eigenvalue weighted by Crippen LogP contribution is -2.38. The van der Waals surface area contributed by atoms with Gasteiger partial charge in [0.2, 0.25) is 5.91 Å². The van der Waals surface area contributed by atoms with Gasteiger partial charge < -0.3 is 16.3 Å². The lowest BCUT2D eigenvalue weighted by atomic mass is 9.93. The number of rotatable bonds is 4. The number of benzene rings is 1. The minimum Gasteiger partial charge on any atom is -0.409 e. The van der Waals surface area contributed by atoms with Gasteiger partial charge in [0, 0.05) is 28.9 Å². The maximum Gasteiger partial charge on any atom is 0.235 e. The normalized spacial score (nSPS) is 13.4. The number of anilines is 1. The molecular formula is C15H18N4O2. The number of nitrogens with one attached hydrogen (secondary N) is 1. The molecule has 1 aromatic heterocycles. The third-order valence-electron chi connectivity index (χ3n) is 3.32. The minimum atomic E-state index is -0.688. The summed E-state index contributed by atoms with van der Waals surface area (Å²) in [6.45, 7) is 3.69. The molecule has 0 spiro atoms. The van der Waals surface area contributed by atoms with Crippen molar-refractivity contribution in [3.05, 3.63) is 36.7 Å². The fourth-order valence-corrected chi connectivity index (χ4v) is 2.28. The van der Waals surface area contributed by atoms with E-state index in [1.54, 1.807) is 12.4 Å². The standard InChI is InChI=1S/C15H18N4O2/c1-9(2)13(14(16)19-21)15(20)18-12-5-3-4-10-8-17-7-6-11(10)12/h3-9,13,21H,1-2H3,(H2,16,19)(H,18,20). The first-order valence-corrected chi connectivity index (χ1v) is 6.65. The maximum absolute atomic E-state index is 12.4. The highest BCUT2D eigenvalue weighted by Gasteiger charge is 2.27. The number of fused-ring (bicyclic) bond motifs is 1. The van der Waals surface area contributed by atoms with Gasteiger partial charge in [0.15, 0.2) is 5.84 Å². The average molecular weight is 286 g/mol. The summed E-state index contributed by atoms with van der Waals surface area (Å²) >= 11 is 0. The van der Waals surface area contributed by atoms with Crippen LogP contribution in [0.5, 0.6) is 0 Å². The van der Waals surface area contributed by atoms with Crippen molar-refractivity contribution in [2.75, 3.05) is 5.32 Å². The number of carbonyl (C=O) groups is 1. The third-order valence-corrected chi connectivity index (χ3v) is 3.32. The zero-order valence-corrected chi connectivity index (χ0v) is 11.9. The summed E-state index contributed by atoms with van der Waals surface area (Å²) in [4.78, 5) is 16.5. The highest BCUT2D eigenvalue weighted by atomic mass is 16.4. The topological polar surface area (TPSA) is 101 Å². The first kappa shape index (κ1) is 14.8. The molecule has 1 aromatic carbocycles. The van der Waals surface area contributed by atoms with Crippen LogP contribution < -0.4 is 11.1 Å². The molecule has 110 valence electrons. The molecule has 1 unspecified atom stereocenters. The number of hydrogen-bond donors (Lipinski definition) is 3. The summed E-state index contributed by atoms with van der Waals surface area (Å²) in [5.74, 6) is -1.17. The van der Waals surface area contributed by atoms with Crippen molar-refractivity contribution in [3.63, 3.8) is 0 Å². The molecule has 1 atom stereocenters. The van der Waals surface area contributed by atoms with Gasteiger partial charge in [0.25, 0.3) is 0 Å². The molecular weight excluding hydrogens is 268 g/mol. The molecule has 6 nitrogen and oxygen atoms in total. The van der Waals surface area contributed by atoms with Crippen molar-refractivity contribution in [2.24, 2.45) is 22.7 Å². The number of amides is 1. The van der Waals surface area contributed by atoms with E-state index < -0.39 is 5.92 Å². The summed E-state index contributed by atoms with van der Waals surface area (Å²) in [6.07, 6.45) is 3.40. The highest BCUT2D eigenvalue weighted by Crippen LogP contribution is 2.23. The fraction of sp³-hybridized carbons (Fsp3) is 0.267. The molecule has 0 saturated carbocycles. The summed E-state index contributed by atoms with van der Waals surface area (Å²) < 4.78 is 0. The zero-order chi connectivity index (χ0) is 15.4. The predicted molar refractivity (Wildman–Crippen MR) is 82.1 cm³/mol. The van der Waals surface area contributed by atoms with Crippen LogP contribution in [-0.4, -0.2) is 21.9 Å². The summed E-state index contributed by atoms with van der Waals surface area (Å²) in [5.41, 5.74) is 6.29. The van der Waals surface area contributed by atoms with Crippen LogP contribution in [0.1, 0.15) is 13.8 Å². The van der Waals surface area contributed by atoms with E-state index in [2.05, 4.69) is 15.5 Å². The van der Waals surface area contributed by atoms with Gasteiger partial charge in [-0.05, 0) is 18.1 Å². The van der Waals surface area contributed by atoms with Crippen molar-refractivity contribution in [1.82, 2.24) is 4.98 Å². The number of oxime groups is 1. The molecule has 0 bridgehead atoms. The van der Waals surface area contributed by atoms with Crippen LogP contribution in [0.4, 0.5) is 5.69 Å². The van der Waals surface area contributed by atoms with Gasteiger partial charge in [-0.15, -0.1) is 0 Å². The number of pyridine rings is 1. The second-order valence-corrected chi connectivity index (χ2v) is 5.14. The minimum absolute atomic E-state index is 0.0856. The Hall–Kier alpha value is -2.63. The average Bonchev–Trinajstić information content (AvgIpc) is 2.47. The molecule has 1 heterocycles. The van der Waals surface area contributed by atoms with Crippen molar-refractivity contribution >= 4 is 28.2 Å². The second-order valence-electron chi connectivity index (χ2n) is 5.14. The number of nitrogens with two attached hydrogens (primary N) is 1. The van der Waals surface area contributed by atoms with Gasteiger partial charge in [0.05, 0.1) is 0 Å². The van der Waals surface area contributed by atoms with E-state index in [9.17, 15) is 4.79 Å². The van der Waals surface area contributed by atoms with E-state index in [0.717, 1.165) is 10.8 Å². The molecule has 0 saturated heterocycles. The van der Waals surface area contributed by atoms with Crippen LogP contribution in [0.25, 0.3) is 10.8 Å². The van der Waals surface area contributed by atoms with E-state index in [1.165, 1.54) is 0 Å². The monoisotopic (exact) mass is 286 g/mol. The summed E-state index contributed by atoms with van der Waals surface area (Å²) in [6, 6.07) is 7.40. The molecule has 6 heteroatoms. The molecule has 4 N–H and O–H groups in total. The highest BCUT2D eigenvalue weighted by molar-refractivity contribution is 6.10. The number of aromatic nitrogens is 1. The Kier molecular flexibility index (Phi) is 4.37. The summed E-state index contributed by atoms with van der Waals surface area (Å²) in [5, 5.41) is 16.4. The molecule has 0 radical (unpaired) electrons. The Balaban J connectivity index is 2.33. The quantitative estimate of drug-likeness (QED) is 0.347. The number of nitrogens with zero attached hydrogens (tertiary/aromatic N) is 2. The van der Waals surface area contributed by atoms with Crippen molar-refractivity contribution in [2.45, 2.75) is 13.8 Å². The second kappa shape index (κ2) is 6.21. The Bertz CT molecular complexity index is 677. The van der Waals surface area contributed by atoms with E-state index in [-0.39, 0.29) is 17.7 Å². The fourth-order valence-electron chi connectivity index (χ4n) is 2.28. The maximum atomic E-state index is 12.4. The van der Waals surface area contributed by atoms with Gasteiger partial charge in [-0.25, -0.2) is 0 Å². The van der Waals surface area contributed by atoms with Crippen LogP contribution in [0, 0.1) is 11.8 Å². The lowest BCUT2D eigenvalue weighted by Gasteiger charge is -2.19. The van der Waals surface area contributed by atoms with E-state index >= 15 is 0 Å². The Morgan fingerprint density at radius 2 is 2.14 bits per heavy atom. The Labute approximate surface area is 122 Å². The van der Waals surface area contributed by atoms with Gasteiger partial charge >= 0.3 is 0 Å². The zero-order valence-electron chi connectivity index (χ0n) is 11.9. The Morgan fingerprint density at radius 3 is 2.81 bits per heavy atom. The molecule has 0 aliphatic heterocycles. The van der Waals surface area contributed by atoms with Crippen LogP contribution in [0.3, 0.4) is 0 Å². The molecule has 0 aliphatic rings. The van der Waals surface area contributed by atoms with Gasteiger partial charge in [-0.2, -0.15) is 0 Å². The van der Waals surface area contributed by atoms with E-state index in [4.69, 9.17) is 10.9 Å². The molecule has 21 heavy (non-hydrogen) atoms. The number of amidine groups is 1. The van der Waals surface area contributed by atoms with Crippen LogP contribution in [0.2, 0.25) is 0 Å². The molecule has 0 aliphatic carbocycles. The SMILES string of the molecule is CC(C)C(C(=O)Nc1cccc2cnccc12)C(N)=NO. The van der Waals surface area contributed by atoms with Crippen LogP contribution in [0.15, 0.2) is 41.8 Å². The Morgan fingerprint density at radius 1 is 1.38 bits per heavy atom. The number of hydrogen-bond acceptors (Lipinski definition) is 4. The van der Waals surface area contributed by atoms with E-state index in [0.29, 0.717) is 5.69 Å². The molecule has 0 fully saturated rings. The first-order valence-electron chi connectivity index (χ1n) is 6.65. The van der Waals surface area contributed by atoms with Crippen molar-refractivity contribution < 1.29 is 10.0 Å². The lowest BCUT2D eigenvalue weighted by molar-refractivity contribution is -0.119. The third kappa shape index (κ3) is 3.10. The predicted octanol–water partition coefficient (Wildman–Crippen LogP) is 2.19. The largest absolute Gasteiger partial charge is 0.409 e. The van der Waals surface area contributed by atoms with Crippen molar-refractivity contribution in [3.8, 4) is 0 Å². The molecule has 2 rings (SSSR count). The molecule has 2 aromatic rings. The van der Waals surface area contributed by atoms with Gasteiger partial charge in [-0.1, -0.05) is 31.1 Å². The van der Waals surface area contributed by atoms with E-state index in [1.807, 2.05) is 38.1 Å². The smallest absolute Gasteiger partial charge is 0.235 e. The van der Waals surface area contributed by atoms with Crippen LogP contribution in [-0.2, 0) is 4.79 Å². The molecule has 1 amide bonds. The summed E-state index contributed by atoms with van der Waals surface area (Å²) in [7, 11) is 0. The van der Waals surface area contributed by atoms with Crippen molar-refractivity contribution in [1.29, 1.82) is 0 Å². The van der Waals surface area contributed by atoms with Crippen LogP contribution >= 0.6 is 0 Å². The van der Waals surface area contributed by atoms with Gasteiger partial charge in [-0.3, -0.25) is 9.78 Å². The van der Waals surface area contributed by atoms with Gasteiger partial charge in [0.1, 0.15) is 5.92 Å². The first-order chi connectivity index (χ1) is 10.0.